The van der Waals surface area contributed by atoms with Crippen LogP contribution in [0.2, 0.25) is 0 Å². The van der Waals surface area contributed by atoms with Crippen molar-refractivity contribution in [3.8, 4) is 0 Å². The molecular weight excluding hydrogens is 254 g/mol. The molecule has 0 rings (SSSR count). The summed E-state index contributed by atoms with van der Waals surface area (Å²) < 4.78 is 0. The van der Waals surface area contributed by atoms with E-state index in [4.69, 9.17) is 5.73 Å². The van der Waals surface area contributed by atoms with E-state index in [1.54, 1.807) is 0 Å². The van der Waals surface area contributed by atoms with Gasteiger partial charge in [-0.2, -0.15) is 0 Å². The highest BCUT2D eigenvalue weighted by atomic mass is 35.5. The summed E-state index contributed by atoms with van der Waals surface area (Å²) in [6, 6.07) is 0.122. The molecule has 0 aliphatic rings. The summed E-state index contributed by atoms with van der Waals surface area (Å²) in [7, 11) is 0. The van der Waals surface area contributed by atoms with Crippen LogP contribution in [-0.2, 0) is 9.59 Å². The minimum atomic E-state index is -0.317. The van der Waals surface area contributed by atoms with Crippen molar-refractivity contribution >= 4 is 24.2 Å². The fraction of sp³-hybridized carbons (Fsp3) is 0.833. The number of carbonyl (C=O) groups is 2. The highest BCUT2D eigenvalue weighted by Gasteiger charge is 2.14. The molecule has 0 aliphatic carbocycles. The average molecular weight is 280 g/mol. The summed E-state index contributed by atoms with van der Waals surface area (Å²) in [4.78, 5) is 22.3. The summed E-state index contributed by atoms with van der Waals surface area (Å²) in [6.45, 7) is 8.38. The second-order valence-corrected chi connectivity index (χ2v) is 5.55. The highest BCUT2D eigenvalue weighted by molar-refractivity contribution is 5.85. The first-order chi connectivity index (χ1) is 7.74. The Morgan fingerprint density at radius 1 is 1.22 bits per heavy atom. The molecule has 108 valence electrons. The molecule has 18 heavy (non-hydrogen) atoms. The van der Waals surface area contributed by atoms with Crippen LogP contribution in [0, 0.1) is 5.41 Å². The van der Waals surface area contributed by atoms with Crippen molar-refractivity contribution < 1.29 is 9.59 Å². The minimum absolute atomic E-state index is 0. The van der Waals surface area contributed by atoms with E-state index in [2.05, 4.69) is 31.4 Å². The Balaban J connectivity index is 0. The van der Waals surface area contributed by atoms with Crippen molar-refractivity contribution in [2.24, 2.45) is 11.1 Å². The normalized spacial score (nSPS) is 12.3. The van der Waals surface area contributed by atoms with E-state index in [0.717, 1.165) is 12.8 Å². The Bertz CT molecular complexity index is 265. The van der Waals surface area contributed by atoms with Crippen LogP contribution in [0.4, 0.5) is 0 Å². The molecule has 0 radical (unpaired) electrons. The van der Waals surface area contributed by atoms with Gasteiger partial charge in [0.15, 0.2) is 0 Å². The molecule has 0 saturated carbocycles. The smallest absolute Gasteiger partial charge is 0.239 e. The third kappa shape index (κ3) is 11.7. The lowest BCUT2D eigenvalue weighted by Gasteiger charge is -2.21. The number of carbonyl (C=O) groups excluding carboxylic acids is 2. The van der Waals surface area contributed by atoms with Crippen LogP contribution >= 0.6 is 12.4 Å². The molecule has 0 spiro atoms. The van der Waals surface area contributed by atoms with Gasteiger partial charge in [0.25, 0.3) is 0 Å². The zero-order chi connectivity index (χ0) is 13.5. The fourth-order valence-corrected chi connectivity index (χ4v) is 1.30. The number of hydrogen-bond acceptors (Lipinski definition) is 3. The van der Waals surface area contributed by atoms with Crippen LogP contribution in [0.1, 0.15) is 40.5 Å². The maximum absolute atomic E-state index is 11.4. The summed E-state index contributed by atoms with van der Waals surface area (Å²) in [5.41, 5.74) is 5.38. The molecule has 1 atom stereocenters. The van der Waals surface area contributed by atoms with Crippen molar-refractivity contribution in [1.29, 1.82) is 0 Å². The van der Waals surface area contributed by atoms with Crippen LogP contribution in [-0.4, -0.2) is 30.9 Å². The van der Waals surface area contributed by atoms with Gasteiger partial charge in [-0.3, -0.25) is 9.59 Å². The van der Waals surface area contributed by atoms with Crippen molar-refractivity contribution in [1.82, 2.24) is 10.6 Å². The zero-order valence-electron chi connectivity index (χ0n) is 11.7. The average Bonchev–Trinajstić information content (AvgIpc) is 2.22. The fourth-order valence-electron chi connectivity index (χ4n) is 1.30. The van der Waals surface area contributed by atoms with Crippen LogP contribution in [0.5, 0.6) is 0 Å². The first-order valence-corrected chi connectivity index (χ1v) is 6.00. The largest absolute Gasteiger partial charge is 0.352 e. The molecule has 0 saturated heterocycles. The Hall–Kier alpha value is -0.810. The first kappa shape index (κ1) is 19.5. The van der Waals surface area contributed by atoms with Crippen LogP contribution < -0.4 is 16.4 Å². The quantitative estimate of drug-likeness (QED) is 0.673. The van der Waals surface area contributed by atoms with E-state index in [-0.39, 0.29) is 48.8 Å². The van der Waals surface area contributed by atoms with Gasteiger partial charge in [0, 0.05) is 6.04 Å². The monoisotopic (exact) mass is 279 g/mol. The molecule has 0 aromatic rings. The summed E-state index contributed by atoms with van der Waals surface area (Å²) >= 11 is 0. The van der Waals surface area contributed by atoms with Gasteiger partial charge >= 0.3 is 0 Å². The van der Waals surface area contributed by atoms with Crippen LogP contribution in [0.3, 0.4) is 0 Å². The van der Waals surface area contributed by atoms with Gasteiger partial charge in [0.1, 0.15) is 0 Å². The van der Waals surface area contributed by atoms with E-state index in [9.17, 15) is 9.59 Å². The van der Waals surface area contributed by atoms with Gasteiger partial charge in [-0.25, -0.2) is 0 Å². The molecule has 5 nitrogen and oxygen atoms in total. The molecule has 0 aromatic carbocycles. The second-order valence-electron chi connectivity index (χ2n) is 5.55. The van der Waals surface area contributed by atoms with Crippen LogP contribution in [0.25, 0.3) is 0 Å². The Morgan fingerprint density at radius 3 is 2.22 bits per heavy atom. The van der Waals surface area contributed by atoms with Crippen molar-refractivity contribution in [2.75, 3.05) is 13.1 Å². The van der Waals surface area contributed by atoms with Gasteiger partial charge in [0.2, 0.25) is 11.8 Å². The third-order valence-corrected chi connectivity index (χ3v) is 2.37. The lowest BCUT2D eigenvalue weighted by molar-refractivity contribution is -0.125. The Labute approximate surface area is 116 Å². The number of nitrogens with two attached hydrogens (primary N) is 1. The van der Waals surface area contributed by atoms with Gasteiger partial charge < -0.3 is 16.4 Å². The van der Waals surface area contributed by atoms with Crippen molar-refractivity contribution in [3.05, 3.63) is 0 Å². The molecule has 4 N–H and O–H groups in total. The predicted molar refractivity (Wildman–Crippen MR) is 75.6 cm³/mol. The van der Waals surface area contributed by atoms with Gasteiger partial charge in [-0.15, -0.1) is 12.4 Å². The SMILES string of the molecule is CC(CCC(C)(C)C)NC(=O)CNC(=O)CN.Cl. The standard InChI is InChI=1S/C12H25N3O2.ClH/c1-9(5-6-12(2,3)4)15-11(17)8-14-10(16)7-13;/h9H,5-8,13H2,1-4H3,(H,14,16)(H,15,17);1H. The van der Waals surface area contributed by atoms with Crippen LogP contribution in [0.15, 0.2) is 0 Å². The lowest BCUT2D eigenvalue weighted by Crippen LogP contribution is -2.42. The topological polar surface area (TPSA) is 84.2 Å². The van der Waals surface area contributed by atoms with Gasteiger partial charge in [-0.05, 0) is 25.2 Å². The van der Waals surface area contributed by atoms with Gasteiger partial charge in [-0.1, -0.05) is 20.8 Å². The third-order valence-electron chi connectivity index (χ3n) is 2.37. The summed E-state index contributed by atoms with van der Waals surface area (Å²) in [5, 5.41) is 5.27. The number of amides is 2. The molecule has 0 aromatic heterocycles. The van der Waals surface area contributed by atoms with E-state index in [1.165, 1.54) is 0 Å². The molecule has 0 fully saturated rings. The molecule has 6 heteroatoms. The molecule has 1 unspecified atom stereocenters. The van der Waals surface area contributed by atoms with E-state index in [0.29, 0.717) is 0 Å². The molecule has 0 aliphatic heterocycles. The lowest BCUT2D eigenvalue weighted by atomic mass is 9.89. The van der Waals surface area contributed by atoms with E-state index < -0.39 is 0 Å². The Kier molecular flexibility index (Phi) is 9.94. The molecule has 0 heterocycles. The Morgan fingerprint density at radius 2 is 1.78 bits per heavy atom. The van der Waals surface area contributed by atoms with Crippen molar-refractivity contribution in [3.63, 3.8) is 0 Å². The minimum Gasteiger partial charge on any atom is -0.352 e. The molecular formula is C12H26ClN3O2. The maximum Gasteiger partial charge on any atom is 0.239 e. The second kappa shape index (κ2) is 9.16. The zero-order valence-corrected chi connectivity index (χ0v) is 12.5. The molecule has 0 bridgehead atoms. The number of rotatable bonds is 6. The summed E-state index contributed by atoms with van der Waals surface area (Å²) in [5.74, 6) is -0.490. The number of nitrogens with one attached hydrogen (secondary N) is 2. The van der Waals surface area contributed by atoms with Gasteiger partial charge in [0.05, 0.1) is 13.1 Å². The van der Waals surface area contributed by atoms with Crippen molar-refractivity contribution in [2.45, 2.75) is 46.6 Å². The van der Waals surface area contributed by atoms with E-state index in [1.807, 2.05) is 6.92 Å². The first-order valence-electron chi connectivity index (χ1n) is 6.00. The maximum atomic E-state index is 11.4. The summed E-state index contributed by atoms with van der Waals surface area (Å²) in [6.07, 6.45) is 1.98. The predicted octanol–water partition coefficient (Wildman–Crippen LogP) is 0.814. The number of halogens is 1. The number of hydrogen-bond donors (Lipinski definition) is 3. The van der Waals surface area contributed by atoms with E-state index >= 15 is 0 Å². The molecule has 2 amide bonds. The highest BCUT2D eigenvalue weighted by Crippen LogP contribution is 2.21.